The fourth-order valence-electron chi connectivity index (χ4n) is 4.44. The van der Waals surface area contributed by atoms with Gasteiger partial charge in [0.15, 0.2) is 0 Å². The number of rotatable bonds is 7. The van der Waals surface area contributed by atoms with Crippen molar-refractivity contribution in [3.8, 4) is 0 Å². The molecule has 0 unspecified atom stereocenters. The maximum absolute atomic E-state index is 12.7. The van der Waals surface area contributed by atoms with Gasteiger partial charge >= 0.3 is 0 Å². The minimum absolute atomic E-state index is 0.00195. The monoisotopic (exact) mass is 471 g/mol. The summed E-state index contributed by atoms with van der Waals surface area (Å²) in [5.41, 5.74) is 2.35. The molecular weight excluding hydrogens is 438 g/mol. The minimum Gasteiger partial charge on any atom is -0.352 e. The number of nitrogens with one attached hydrogen (secondary N) is 1. The lowest BCUT2D eigenvalue weighted by Gasteiger charge is -2.32. The number of hydrogen-bond acceptors (Lipinski definition) is 6. The highest BCUT2D eigenvalue weighted by atomic mass is 32.2. The predicted octanol–water partition coefficient (Wildman–Crippen LogP) is 1.55. The number of benzene rings is 1. The summed E-state index contributed by atoms with van der Waals surface area (Å²) in [7, 11) is -1.40. The molecule has 1 aromatic heterocycles. The van der Waals surface area contributed by atoms with Crippen LogP contribution in [0.5, 0.6) is 0 Å². The van der Waals surface area contributed by atoms with Crippen molar-refractivity contribution in [3.05, 3.63) is 59.9 Å². The molecule has 3 heterocycles. The van der Waals surface area contributed by atoms with Gasteiger partial charge < -0.3 is 10.2 Å². The Labute approximate surface area is 196 Å². The van der Waals surface area contributed by atoms with Gasteiger partial charge in [-0.05, 0) is 43.1 Å². The van der Waals surface area contributed by atoms with E-state index in [2.05, 4.69) is 45.3 Å². The molecule has 2 aliphatic rings. The number of hydrogen-bond donors (Lipinski definition) is 1. The number of sulfonamides is 1. The summed E-state index contributed by atoms with van der Waals surface area (Å²) in [4.78, 5) is 21.6. The Kier molecular flexibility index (Phi) is 7.75. The van der Waals surface area contributed by atoms with Gasteiger partial charge in [-0.25, -0.2) is 8.42 Å². The van der Waals surface area contributed by atoms with Crippen LogP contribution < -0.4 is 5.32 Å². The number of aromatic nitrogens is 1. The lowest BCUT2D eigenvalue weighted by atomic mass is 9.97. The Morgan fingerprint density at radius 1 is 1.03 bits per heavy atom. The van der Waals surface area contributed by atoms with Gasteiger partial charge in [-0.2, -0.15) is 4.31 Å². The van der Waals surface area contributed by atoms with Crippen LogP contribution in [0.2, 0.25) is 0 Å². The van der Waals surface area contributed by atoms with Crippen LogP contribution in [0.15, 0.2) is 53.7 Å². The van der Waals surface area contributed by atoms with E-state index in [4.69, 9.17) is 0 Å². The average molecular weight is 472 g/mol. The van der Waals surface area contributed by atoms with Gasteiger partial charge in [0, 0.05) is 70.7 Å². The summed E-state index contributed by atoms with van der Waals surface area (Å²) in [5, 5.41) is 3.05. The van der Waals surface area contributed by atoms with Crippen molar-refractivity contribution in [2.24, 2.45) is 5.92 Å². The highest BCUT2D eigenvalue weighted by Crippen LogP contribution is 2.23. The van der Waals surface area contributed by atoms with E-state index in [0.717, 1.165) is 38.3 Å². The van der Waals surface area contributed by atoms with Gasteiger partial charge in [-0.3, -0.25) is 14.7 Å². The van der Waals surface area contributed by atoms with E-state index in [9.17, 15) is 13.2 Å². The lowest BCUT2D eigenvalue weighted by Crippen LogP contribution is -2.43. The number of carbonyl (C=O) groups is 1. The topological polar surface area (TPSA) is 85.9 Å². The first kappa shape index (κ1) is 23.8. The number of likely N-dealkylation sites (N-methyl/N-ethyl adjacent to an activating group) is 1. The third-order valence-corrected chi connectivity index (χ3v) is 8.44. The number of nitrogens with zero attached hydrogens (tertiary/aromatic N) is 4. The quantitative estimate of drug-likeness (QED) is 0.660. The first-order valence-corrected chi connectivity index (χ1v) is 13.0. The fourth-order valence-corrected chi connectivity index (χ4v) is 5.88. The molecule has 0 saturated carbocycles. The molecule has 33 heavy (non-hydrogen) atoms. The first-order chi connectivity index (χ1) is 15.9. The van der Waals surface area contributed by atoms with Gasteiger partial charge in [-0.1, -0.05) is 24.3 Å². The van der Waals surface area contributed by atoms with Crippen LogP contribution in [0.1, 0.15) is 24.0 Å². The van der Waals surface area contributed by atoms with Crippen LogP contribution in [-0.2, 0) is 27.9 Å². The molecule has 2 saturated heterocycles. The Hall–Kier alpha value is -2.33. The van der Waals surface area contributed by atoms with Crippen molar-refractivity contribution in [1.82, 2.24) is 24.4 Å². The Morgan fingerprint density at radius 2 is 1.76 bits per heavy atom. The van der Waals surface area contributed by atoms with E-state index in [1.807, 2.05) is 6.07 Å². The molecule has 9 heteroatoms. The molecular formula is C24H33N5O3S. The number of piperazine rings is 1. The normalized spacial score (nSPS) is 19.4. The van der Waals surface area contributed by atoms with Crippen LogP contribution in [0.25, 0.3) is 0 Å². The Balaban J connectivity index is 1.25. The maximum atomic E-state index is 12.7. The van der Waals surface area contributed by atoms with Crippen molar-refractivity contribution in [2.75, 3.05) is 46.3 Å². The van der Waals surface area contributed by atoms with Gasteiger partial charge in [0.2, 0.25) is 15.9 Å². The summed E-state index contributed by atoms with van der Waals surface area (Å²) in [5.74, 6) is -0.170. The molecule has 0 radical (unpaired) electrons. The zero-order chi connectivity index (χ0) is 23.3. The van der Waals surface area contributed by atoms with Gasteiger partial charge in [0.05, 0.1) is 0 Å². The molecule has 178 valence electrons. The Bertz CT molecular complexity index is 1030. The van der Waals surface area contributed by atoms with Crippen LogP contribution in [0.3, 0.4) is 0 Å². The summed E-state index contributed by atoms with van der Waals surface area (Å²) < 4.78 is 26.9. The van der Waals surface area contributed by atoms with Crippen LogP contribution in [-0.4, -0.2) is 79.7 Å². The third kappa shape index (κ3) is 6.17. The van der Waals surface area contributed by atoms with Crippen molar-refractivity contribution in [3.63, 3.8) is 0 Å². The molecule has 2 aliphatic heterocycles. The second kappa shape index (κ2) is 10.7. The number of piperidine rings is 1. The van der Waals surface area contributed by atoms with E-state index in [0.29, 0.717) is 32.5 Å². The van der Waals surface area contributed by atoms with Crippen molar-refractivity contribution < 1.29 is 13.2 Å². The van der Waals surface area contributed by atoms with E-state index in [1.165, 1.54) is 16.1 Å². The number of amides is 1. The largest absolute Gasteiger partial charge is 0.352 e. The van der Waals surface area contributed by atoms with E-state index in [-0.39, 0.29) is 16.7 Å². The summed E-state index contributed by atoms with van der Waals surface area (Å²) in [6, 6.07) is 11.6. The lowest BCUT2D eigenvalue weighted by molar-refractivity contribution is -0.126. The first-order valence-electron chi connectivity index (χ1n) is 11.6. The summed E-state index contributed by atoms with van der Waals surface area (Å²) in [6.45, 7) is 6.45. The SMILES string of the molecule is CN1CCN(Cc2cccc(CNC(=O)C3CCN(S(=O)(=O)c4cccnc4)CC3)c2)CC1. The molecule has 1 amide bonds. The smallest absolute Gasteiger partial charge is 0.244 e. The molecule has 0 atom stereocenters. The summed E-state index contributed by atoms with van der Waals surface area (Å²) >= 11 is 0. The van der Waals surface area contributed by atoms with Crippen LogP contribution >= 0.6 is 0 Å². The van der Waals surface area contributed by atoms with E-state index in [1.54, 1.807) is 18.3 Å². The second-order valence-corrected chi connectivity index (χ2v) is 10.9. The molecule has 0 spiro atoms. The van der Waals surface area contributed by atoms with Crippen LogP contribution in [0, 0.1) is 5.92 Å². The highest BCUT2D eigenvalue weighted by molar-refractivity contribution is 7.89. The molecule has 4 rings (SSSR count). The molecule has 1 N–H and O–H groups in total. The van der Waals surface area contributed by atoms with E-state index < -0.39 is 10.0 Å². The zero-order valence-electron chi connectivity index (χ0n) is 19.2. The molecule has 8 nitrogen and oxygen atoms in total. The van der Waals surface area contributed by atoms with Gasteiger partial charge in [0.1, 0.15) is 4.90 Å². The molecule has 0 bridgehead atoms. The minimum atomic E-state index is -3.55. The summed E-state index contributed by atoms with van der Waals surface area (Å²) in [6.07, 6.45) is 3.97. The van der Waals surface area contributed by atoms with Crippen molar-refractivity contribution in [1.29, 1.82) is 0 Å². The third-order valence-electron chi connectivity index (χ3n) is 6.56. The highest BCUT2D eigenvalue weighted by Gasteiger charge is 2.32. The van der Waals surface area contributed by atoms with Crippen molar-refractivity contribution in [2.45, 2.75) is 30.8 Å². The standard InChI is InChI=1S/C24H33N5O3S/c1-27-12-14-28(15-13-27)19-21-5-2-4-20(16-21)17-26-24(30)22-7-10-29(11-8-22)33(31,32)23-6-3-9-25-18-23/h2-6,9,16,18,22H,7-8,10-15,17,19H2,1H3,(H,26,30). The second-order valence-electron chi connectivity index (χ2n) is 8.98. The maximum Gasteiger partial charge on any atom is 0.244 e. The van der Waals surface area contributed by atoms with Gasteiger partial charge in [0.25, 0.3) is 0 Å². The number of pyridine rings is 1. The Morgan fingerprint density at radius 3 is 2.45 bits per heavy atom. The average Bonchev–Trinajstić information content (AvgIpc) is 2.85. The van der Waals surface area contributed by atoms with E-state index >= 15 is 0 Å². The molecule has 1 aromatic carbocycles. The molecule has 2 aromatic rings. The molecule has 0 aliphatic carbocycles. The molecule has 2 fully saturated rings. The number of carbonyl (C=O) groups excluding carboxylic acids is 1. The van der Waals surface area contributed by atoms with Gasteiger partial charge in [-0.15, -0.1) is 0 Å². The fraction of sp³-hybridized carbons (Fsp3) is 0.500. The van der Waals surface area contributed by atoms with Crippen molar-refractivity contribution >= 4 is 15.9 Å². The zero-order valence-corrected chi connectivity index (χ0v) is 20.0. The van der Waals surface area contributed by atoms with Crippen LogP contribution in [0.4, 0.5) is 0 Å². The predicted molar refractivity (Wildman–Crippen MR) is 127 cm³/mol.